The Kier molecular flexibility index (Phi) is 6.64. The molecule has 9 heteroatoms. The van der Waals surface area contributed by atoms with Crippen molar-refractivity contribution in [2.45, 2.75) is 0 Å². The number of rotatable bonds is 6. The summed E-state index contributed by atoms with van der Waals surface area (Å²) >= 11 is 0. The van der Waals surface area contributed by atoms with Gasteiger partial charge in [-0.05, 0) is 55.6 Å². The van der Waals surface area contributed by atoms with Crippen LogP contribution in [-0.2, 0) is 10.2 Å². The van der Waals surface area contributed by atoms with Gasteiger partial charge in [-0.2, -0.15) is 12.7 Å². The molecule has 0 unspecified atom stereocenters. The molecule has 3 rings (SSSR count). The Labute approximate surface area is 178 Å². The minimum Gasteiger partial charge on any atom is -0.369 e. The van der Waals surface area contributed by atoms with E-state index in [2.05, 4.69) is 22.2 Å². The van der Waals surface area contributed by atoms with Gasteiger partial charge in [0.05, 0.1) is 5.69 Å². The van der Waals surface area contributed by atoms with Crippen LogP contribution in [0, 0.1) is 0 Å². The Morgan fingerprint density at radius 2 is 1.47 bits per heavy atom. The maximum Gasteiger partial charge on any atom is 0.303 e. The van der Waals surface area contributed by atoms with E-state index in [1.165, 1.54) is 25.4 Å². The van der Waals surface area contributed by atoms with E-state index >= 15 is 0 Å². The first-order valence-electron chi connectivity index (χ1n) is 9.80. The molecule has 1 aliphatic heterocycles. The van der Waals surface area contributed by atoms with Gasteiger partial charge in [0.1, 0.15) is 0 Å². The van der Waals surface area contributed by atoms with Crippen LogP contribution in [0.3, 0.4) is 0 Å². The van der Waals surface area contributed by atoms with E-state index in [1.54, 1.807) is 24.3 Å². The molecule has 30 heavy (non-hydrogen) atoms. The summed E-state index contributed by atoms with van der Waals surface area (Å²) in [6, 6.07) is 14.3. The number of anilines is 3. The van der Waals surface area contributed by atoms with Crippen LogP contribution < -0.4 is 14.5 Å². The second-order valence-electron chi connectivity index (χ2n) is 7.60. The predicted molar refractivity (Wildman–Crippen MR) is 122 cm³/mol. The van der Waals surface area contributed by atoms with Gasteiger partial charge in [-0.15, -0.1) is 0 Å². The lowest BCUT2D eigenvalue weighted by Gasteiger charge is -2.34. The van der Waals surface area contributed by atoms with Crippen LogP contribution in [0.2, 0.25) is 0 Å². The van der Waals surface area contributed by atoms with Gasteiger partial charge in [-0.1, -0.05) is 0 Å². The van der Waals surface area contributed by atoms with Gasteiger partial charge in [0.25, 0.3) is 5.91 Å². The lowest BCUT2D eigenvalue weighted by molar-refractivity contribution is 0.102. The maximum absolute atomic E-state index is 12.6. The normalized spacial score (nSPS) is 15.3. The fourth-order valence-electron chi connectivity index (χ4n) is 3.22. The van der Waals surface area contributed by atoms with Gasteiger partial charge in [0.2, 0.25) is 0 Å². The predicted octanol–water partition coefficient (Wildman–Crippen LogP) is 1.93. The molecule has 162 valence electrons. The average Bonchev–Trinajstić information content (AvgIpc) is 2.74. The number of benzene rings is 2. The number of likely N-dealkylation sites (N-methyl/N-ethyl adjacent to an activating group) is 1. The zero-order chi connectivity index (χ0) is 21.9. The Morgan fingerprint density at radius 3 is 2.00 bits per heavy atom. The molecule has 0 atom stereocenters. The van der Waals surface area contributed by atoms with Crippen molar-refractivity contribution in [3.63, 3.8) is 0 Å². The molecule has 0 bridgehead atoms. The van der Waals surface area contributed by atoms with Crippen LogP contribution in [0.1, 0.15) is 10.4 Å². The van der Waals surface area contributed by atoms with Crippen molar-refractivity contribution < 1.29 is 13.2 Å². The first kappa shape index (κ1) is 22.1. The van der Waals surface area contributed by atoms with Crippen molar-refractivity contribution >= 4 is 33.2 Å². The molecule has 0 radical (unpaired) electrons. The van der Waals surface area contributed by atoms with Gasteiger partial charge in [-0.25, -0.2) is 0 Å². The quantitative estimate of drug-likeness (QED) is 0.757. The molecule has 1 aliphatic rings. The number of amides is 1. The van der Waals surface area contributed by atoms with Crippen LogP contribution in [-0.4, -0.2) is 77.9 Å². The fraction of sp³-hybridized carbons (Fsp3) is 0.381. The molecule has 0 aliphatic carbocycles. The Bertz CT molecular complexity index is 967. The molecule has 2 aromatic rings. The minimum absolute atomic E-state index is 0.244. The van der Waals surface area contributed by atoms with E-state index < -0.39 is 10.2 Å². The molecule has 1 heterocycles. The van der Waals surface area contributed by atoms with Crippen molar-refractivity contribution in [1.82, 2.24) is 9.21 Å². The molecule has 1 amide bonds. The summed E-state index contributed by atoms with van der Waals surface area (Å²) in [5.41, 5.74) is 2.80. The van der Waals surface area contributed by atoms with Crippen molar-refractivity contribution in [2.75, 3.05) is 68.9 Å². The van der Waals surface area contributed by atoms with E-state index in [9.17, 15) is 13.2 Å². The summed E-state index contributed by atoms with van der Waals surface area (Å²) in [5.74, 6) is -0.244. The first-order chi connectivity index (χ1) is 14.2. The van der Waals surface area contributed by atoms with Crippen molar-refractivity contribution in [3.8, 4) is 0 Å². The van der Waals surface area contributed by atoms with Crippen molar-refractivity contribution in [3.05, 3.63) is 54.1 Å². The van der Waals surface area contributed by atoms with E-state index in [0.717, 1.165) is 36.2 Å². The maximum atomic E-state index is 12.6. The summed E-state index contributed by atoms with van der Waals surface area (Å²) in [4.78, 5) is 17.2. The number of piperazine rings is 1. The largest absolute Gasteiger partial charge is 0.369 e. The highest BCUT2D eigenvalue weighted by Gasteiger charge is 2.21. The summed E-state index contributed by atoms with van der Waals surface area (Å²) in [5, 5.41) is 2.89. The number of hydrogen-bond acceptors (Lipinski definition) is 5. The van der Waals surface area contributed by atoms with Crippen LogP contribution in [0.5, 0.6) is 0 Å². The van der Waals surface area contributed by atoms with Gasteiger partial charge in [-0.3, -0.25) is 9.10 Å². The van der Waals surface area contributed by atoms with Gasteiger partial charge in [0, 0.05) is 64.3 Å². The second-order valence-corrected chi connectivity index (χ2v) is 9.77. The third-order valence-electron chi connectivity index (χ3n) is 5.29. The average molecular weight is 432 g/mol. The van der Waals surface area contributed by atoms with Gasteiger partial charge < -0.3 is 15.1 Å². The number of nitrogens with one attached hydrogen (secondary N) is 1. The van der Waals surface area contributed by atoms with Crippen LogP contribution in [0.25, 0.3) is 0 Å². The lowest BCUT2D eigenvalue weighted by Crippen LogP contribution is -2.44. The summed E-state index contributed by atoms with van der Waals surface area (Å²) in [6.45, 7) is 4.07. The Morgan fingerprint density at radius 1 is 0.900 bits per heavy atom. The topological polar surface area (TPSA) is 76.2 Å². The highest BCUT2D eigenvalue weighted by Crippen LogP contribution is 2.21. The standard InChI is InChI=1S/C21H29N5O3S/c1-23(2)30(28,29)25(4)19-9-5-17(6-10-19)21(27)22-18-7-11-20(12-8-18)26-15-13-24(3)14-16-26/h5-12H,13-16H2,1-4H3,(H,22,27). The molecular formula is C21H29N5O3S. The van der Waals surface area contributed by atoms with Crippen molar-refractivity contribution in [1.29, 1.82) is 0 Å². The molecule has 1 saturated heterocycles. The number of nitrogens with zero attached hydrogens (tertiary/aromatic N) is 4. The zero-order valence-corrected chi connectivity index (χ0v) is 18.7. The monoisotopic (exact) mass is 431 g/mol. The summed E-state index contributed by atoms with van der Waals surface area (Å²) in [6.07, 6.45) is 0. The summed E-state index contributed by atoms with van der Waals surface area (Å²) in [7, 11) is 2.99. The van der Waals surface area contributed by atoms with E-state index in [-0.39, 0.29) is 5.91 Å². The number of carbonyl (C=O) groups is 1. The van der Waals surface area contributed by atoms with Gasteiger partial charge in [0.15, 0.2) is 0 Å². The highest BCUT2D eigenvalue weighted by atomic mass is 32.2. The highest BCUT2D eigenvalue weighted by molar-refractivity contribution is 7.90. The zero-order valence-electron chi connectivity index (χ0n) is 17.9. The van der Waals surface area contributed by atoms with Crippen LogP contribution in [0.15, 0.2) is 48.5 Å². The van der Waals surface area contributed by atoms with Crippen LogP contribution in [0.4, 0.5) is 17.1 Å². The fourth-order valence-corrected chi connectivity index (χ4v) is 4.10. The summed E-state index contributed by atoms with van der Waals surface area (Å²) < 4.78 is 26.7. The SMILES string of the molecule is CN1CCN(c2ccc(NC(=O)c3ccc(N(C)S(=O)(=O)N(C)C)cc3)cc2)CC1. The van der Waals surface area contributed by atoms with Gasteiger partial charge >= 0.3 is 10.2 Å². The third-order valence-corrected chi connectivity index (χ3v) is 7.12. The molecule has 0 spiro atoms. The number of hydrogen-bond donors (Lipinski definition) is 1. The van der Waals surface area contributed by atoms with Crippen LogP contribution >= 0.6 is 0 Å². The molecule has 8 nitrogen and oxygen atoms in total. The van der Waals surface area contributed by atoms with E-state index in [4.69, 9.17) is 0 Å². The molecule has 2 aromatic carbocycles. The smallest absolute Gasteiger partial charge is 0.303 e. The molecule has 1 fully saturated rings. The lowest BCUT2D eigenvalue weighted by atomic mass is 10.2. The molecule has 0 saturated carbocycles. The Hall–Kier alpha value is -2.62. The third kappa shape index (κ3) is 4.92. The Balaban J connectivity index is 1.63. The van der Waals surface area contributed by atoms with E-state index in [1.807, 2.05) is 24.3 Å². The minimum atomic E-state index is -3.57. The molecular weight excluding hydrogens is 402 g/mol. The first-order valence-corrected chi connectivity index (χ1v) is 11.2. The molecule has 1 N–H and O–H groups in total. The second kappa shape index (κ2) is 9.03. The molecule has 0 aromatic heterocycles. The van der Waals surface area contributed by atoms with E-state index in [0.29, 0.717) is 16.9 Å². The van der Waals surface area contributed by atoms with Crippen molar-refractivity contribution in [2.24, 2.45) is 0 Å². The number of carbonyl (C=O) groups excluding carboxylic acids is 1.